The number of aromatic nitrogens is 4. The number of aryl methyl sites for hydroxylation is 1. The molecule has 1 saturated heterocycles. The fourth-order valence-corrected chi connectivity index (χ4v) is 2.40. The summed E-state index contributed by atoms with van der Waals surface area (Å²) < 4.78 is 6.94. The molecule has 1 fully saturated rings. The van der Waals surface area contributed by atoms with E-state index in [9.17, 15) is 0 Å². The summed E-state index contributed by atoms with van der Waals surface area (Å²) in [6.07, 6.45) is 1.95. The van der Waals surface area contributed by atoms with Crippen molar-refractivity contribution in [3.63, 3.8) is 0 Å². The van der Waals surface area contributed by atoms with Crippen LogP contribution in [-0.4, -0.2) is 38.0 Å². The molecule has 15 heavy (non-hydrogen) atoms. The topological polar surface area (TPSA) is 55.6 Å². The van der Waals surface area contributed by atoms with Gasteiger partial charge in [0.25, 0.3) is 5.78 Å². The third kappa shape index (κ3) is 1.82. The number of nitrogens with zero attached hydrogens (tertiary/aromatic N) is 4. The zero-order valence-corrected chi connectivity index (χ0v) is 9.07. The number of rotatable bonds is 3. The van der Waals surface area contributed by atoms with Gasteiger partial charge in [0.05, 0.1) is 12.7 Å². The van der Waals surface area contributed by atoms with Gasteiger partial charge in [-0.1, -0.05) is 0 Å². The van der Waals surface area contributed by atoms with Crippen LogP contribution in [0.2, 0.25) is 0 Å². The highest BCUT2D eigenvalue weighted by Gasteiger charge is 2.23. The second-order valence-electron chi connectivity index (χ2n) is 3.47. The Bertz CT molecular complexity index is 494. The Kier molecular flexibility index (Phi) is 2.10. The van der Waals surface area contributed by atoms with Crippen molar-refractivity contribution in [3.05, 3.63) is 18.1 Å². The highest BCUT2D eigenvalue weighted by atomic mass is 32.2. The molecule has 5 nitrogen and oxygen atoms in total. The minimum Gasteiger partial charge on any atom is -0.372 e. The first-order valence-electron chi connectivity index (χ1n) is 4.75. The van der Waals surface area contributed by atoms with E-state index >= 15 is 0 Å². The number of hydrogen-bond acceptors (Lipinski definition) is 5. The molecular weight excluding hydrogens is 212 g/mol. The average Bonchev–Trinajstić information content (AvgIpc) is 2.92. The van der Waals surface area contributed by atoms with Crippen molar-refractivity contribution in [2.75, 3.05) is 12.4 Å². The Morgan fingerprint density at radius 1 is 1.67 bits per heavy atom. The van der Waals surface area contributed by atoms with E-state index in [-0.39, 0.29) is 0 Å². The molecular formula is C9H10N4OS. The highest BCUT2D eigenvalue weighted by Crippen LogP contribution is 2.24. The van der Waals surface area contributed by atoms with Gasteiger partial charge in [-0.15, -0.1) is 11.8 Å². The Morgan fingerprint density at radius 3 is 3.33 bits per heavy atom. The number of fused-ring (bicyclic) bond motifs is 1. The number of ether oxygens (including phenoxy) is 1. The fourth-order valence-electron chi connectivity index (χ4n) is 1.34. The Morgan fingerprint density at radius 2 is 2.53 bits per heavy atom. The normalized spacial score (nSPS) is 19.7. The summed E-state index contributed by atoms with van der Waals surface area (Å²) in [5.41, 5.74) is 0.967. The van der Waals surface area contributed by atoms with Crippen molar-refractivity contribution in [2.24, 2.45) is 0 Å². The average molecular weight is 222 g/mol. The molecule has 0 aliphatic carbocycles. The molecule has 1 unspecified atom stereocenters. The van der Waals surface area contributed by atoms with E-state index < -0.39 is 0 Å². The standard InChI is InChI=1S/C9H10N4OS/c1-6-2-8(15-4-7-3-14-7)13-9(12-6)10-5-11-13/h2,5,7H,3-4H2,1H3. The third-order valence-electron chi connectivity index (χ3n) is 2.17. The molecule has 0 aromatic carbocycles. The third-order valence-corrected chi connectivity index (χ3v) is 3.29. The van der Waals surface area contributed by atoms with Crippen LogP contribution in [0.1, 0.15) is 5.69 Å². The van der Waals surface area contributed by atoms with Gasteiger partial charge in [-0.3, -0.25) is 0 Å². The Hall–Kier alpha value is -1.14. The van der Waals surface area contributed by atoms with E-state index in [0.29, 0.717) is 11.9 Å². The van der Waals surface area contributed by atoms with Gasteiger partial charge in [-0.2, -0.15) is 14.6 Å². The van der Waals surface area contributed by atoms with Crippen LogP contribution in [0.4, 0.5) is 0 Å². The summed E-state index contributed by atoms with van der Waals surface area (Å²) in [4.78, 5) is 8.36. The zero-order valence-electron chi connectivity index (χ0n) is 8.25. The monoisotopic (exact) mass is 222 g/mol. The lowest BCUT2D eigenvalue weighted by molar-refractivity contribution is 0.426. The molecule has 1 aliphatic heterocycles. The fraction of sp³-hybridized carbons (Fsp3) is 0.444. The van der Waals surface area contributed by atoms with Crippen LogP contribution in [0.5, 0.6) is 0 Å². The summed E-state index contributed by atoms with van der Waals surface area (Å²) in [5.74, 6) is 1.63. The van der Waals surface area contributed by atoms with Gasteiger partial charge in [0.1, 0.15) is 11.4 Å². The predicted molar refractivity (Wildman–Crippen MR) is 56.0 cm³/mol. The summed E-state index contributed by atoms with van der Waals surface area (Å²) in [6, 6.07) is 2.02. The van der Waals surface area contributed by atoms with Crippen molar-refractivity contribution in [1.29, 1.82) is 0 Å². The van der Waals surface area contributed by atoms with Crippen LogP contribution in [0.25, 0.3) is 5.78 Å². The minimum atomic E-state index is 0.419. The minimum absolute atomic E-state index is 0.419. The van der Waals surface area contributed by atoms with Crippen LogP contribution in [-0.2, 0) is 4.74 Å². The summed E-state index contributed by atoms with van der Waals surface area (Å²) in [6.45, 7) is 2.85. The second-order valence-corrected chi connectivity index (χ2v) is 4.51. The van der Waals surface area contributed by atoms with Gasteiger partial charge in [-0.05, 0) is 13.0 Å². The van der Waals surface area contributed by atoms with E-state index in [1.165, 1.54) is 6.33 Å². The maximum atomic E-state index is 5.17. The van der Waals surface area contributed by atoms with Gasteiger partial charge >= 0.3 is 0 Å². The Balaban J connectivity index is 1.95. The first-order valence-corrected chi connectivity index (χ1v) is 5.73. The quantitative estimate of drug-likeness (QED) is 0.439. The lowest BCUT2D eigenvalue weighted by Gasteiger charge is -2.03. The smallest absolute Gasteiger partial charge is 0.253 e. The lowest BCUT2D eigenvalue weighted by atomic mass is 10.5. The first kappa shape index (κ1) is 9.11. The van der Waals surface area contributed by atoms with E-state index in [2.05, 4.69) is 15.1 Å². The van der Waals surface area contributed by atoms with Crippen molar-refractivity contribution in [1.82, 2.24) is 19.6 Å². The molecule has 78 valence electrons. The highest BCUT2D eigenvalue weighted by molar-refractivity contribution is 7.99. The molecule has 1 atom stereocenters. The molecule has 2 aromatic heterocycles. The second kappa shape index (κ2) is 3.46. The predicted octanol–water partition coefficient (Wildman–Crippen LogP) is 0.924. The van der Waals surface area contributed by atoms with Crippen LogP contribution in [0.15, 0.2) is 17.4 Å². The molecule has 0 saturated carbocycles. The van der Waals surface area contributed by atoms with Gasteiger partial charge in [0.2, 0.25) is 0 Å². The molecule has 0 bridgehead atoms. The van der Waals surface area contributed by atoms with Gasteiger partial charge in [0, 0.05) is 11.4 Å². The van der Waals surface area contributed by atoms with Gasteiger partial charge in [0.15, 0.2) is 0 Å². The van der Waals surface area contributed by atoms with Crippen molar-refractivity contribution >= 4 is 17.5 Å². The lowest BCUT2D eigenvalue weighted by Crippen LogP contribution is -1.99. The van der Waals surface area contributed by atoms with E-state index in [1.807, 2.05) is 13.0 Å². The summed E-state index contributed by atoms with van der Waals surface area (Å²) in [7, 11) is 0. The van der Waals surface area contributed by atoms with E-state index in [1.54, 1.807) is 16.3 Å². The molecule has 0 radical (unpaired) electrons. The van der Waals surface area contributed by atoms with Crippen LogP contribution < -0.4 is 0 Å². The molecule has 0 spiro atoms. The molecule has 0 N–H and O–H groups in total. The number of thioether (sulfide) groups is 1. The maximum absolute atomic E-state index is 5.17. The SMILES string of the molecule is Cc1cc(SCC2CO2)n2ncnc2n1. The number of hydrogen-bond donors (Lipinski definition) is 0. The van der Waals surface area contributed by atoms with Crippen molar-refractivity contribution in [2.45, 2.75) is 18.1 Å². The summed E-state index contributed by atoms with van der Waals surface area (Å²) in [5, 5.41) is 5.21. The van der Waals surface area contributed by atoms with E-state index in [4.69, 9.17) is 4.74 Å². The Labute approximate surface area is 90.9 Å². The molecule has 3 rings (SSSR count). The van der Waals surface area contributed by atoms with Crippen LogP contribution in [0.3, 0.4) is 0 Å². The molecule has 3 heterocycles. The van der Waals surface area contributed by atoms with Gasteiger partial charge < -0.3 is 4.74 Å². The molecule has 0 amide bonds. The zero-order chi connectivity index (χ0) is 10.3. The molecule has 6 heteroatoms. The molecule has 1 aliphatic rings. The molecule has 2 aromatic rings. The summed E-state index contributed by atoms with van der Waals surface area (Å²) >= 11 is 1.73. The number of epoxide rings is 1. The largest absolute Gasteiger partial charge is 0.372 e. The maximum Gasteiger partial charge on any atom is 0.253 e. The van der Waals surface area contributed by atoms with Crippen molar-refractivity contribution < 1.29 is 4.74 Å². The van der Waals surface area contributed by atoms with Crippen molar-refractivity contribution in [3.8, 4) is 0 Å². The van der Waals surface area contributed by atoms with Crippen LogP contribution >= 0.6 is 11.8 Å². The van der Waals surface area contributed by atoms with Gasteiger partial charge in [-0.25, -0.2) is 4.98 Å². The van der Waals surface area contributed by atoms with E-state index in [0.717, 1.165) is 23.1 Å². The first-order chi connectivity index (χ1) is 7.33. The van der Waals surface area contributed by atoms with Crippen LogP contribution in [0, 0.1) is 6.92 Å².